The number of carbonyl (C=O) groups is 1. The molecule has 6 nitrogen and oxygen atoms in total. The normalized spacial score (nSPS) is 34.0. The number of cyclic esters (lactones) is 1. The van der Waals surface area contributed by atoms with E-state index in [2.05, 4.69) is 4.98 Å². The largest absolute Gasteiger partial charge is 0.432 e. The van der Waals surface area contributed by atoms with Gasteiger partial charge in [-0.15, -0.1) is 0 Å². The smallest absolute Gasteiger partial charge is 0.427 e. The van der Waals surface area contributed by atoms with Gasteiger partial charge in [0.25, 0.3) is 0 Å². The summed E-state index contributed by atoms with van der Waals surface area (Å²) in [5.74, 6) is 5.46. The van der Waals surface area contributed by atoms with Gasteiger partial charge in [0.2, 0.25) is 0 Å². The Labute approximate surface area is 92.6 Å². The van der Waals surface area contributed by atoms with Crippen molar-refractivity contribution in [2.45, 2.75) is 25.2 Å². The van der Waals surface area contributed by atoms with Crippen LogP contribution >= 0.6 is 0 Å². The Balaban J connectivity index is 2.51. The van der Waals surface area contributed by atoms with Crippen LogP contribution in [0, 0.1) is 0 Å². The van der Waals surface area contributed by atoms with Gasteiger partial charge in [0, 0.05) is 18.0 Å². The first-order valence-corrected chi connectivity index (χ1v) is 4.80. The molecule has 6 heteroatoms. The molecular weight excluding hydrogens is 210 g/mol. The highest BCUT2D eigenvalue weighted by Gasteiger charge is 2.59. The predicted molar refractivity (Wildman–Crippen MR) is 54.7 cm³/mol. The fraction of sp³-hybridized carbons (Fsp3) is 0.400. The molecule has 1 aliphatic heterocycles. The van der Waals surface area contributed by atoms with Crippen LogP contribution in [0.15, 0.2) is 24.5 Å². The van der Waals surface area contributed by atoms with Crippen LogP contribution in [0.25, 0.3) is 0 Å². The summed E-state index contributed by atoms with van der Waals surface area (Å²) >= 11 is 0. The number of rotatable bonds is 1. The monoisotopic (exact) mass is 223 g/mol. The summed E-state index contributed by atoms with van der Waals surface area (Å²) in [4.78, 5) is 15.3. The van der Waals surface area contributed by atoms with Gasteiger partial charge >= 0.3 is 6.09 Å². The lowest BCUT2D eigenvalue weighted by Crippen LogP contribution is -2.56. The van der Waals surface area contributed by atoms with Crippen molar-refractivity contribution in [2.24, 2.45) is 5.84 Å². The number of carbonyl (C=O) groups excluding carboxylic acids is 1. The minimum Gasteiger partial charge on any atom is -0.432 e. The van der Waals surface area contributed by atoms with E-state index in [0.717, 1.165) is 0 Å². The lowest BCUT2D eigenvalue weighted by Gasteiger charge is -2.35. The van der Waals surface area contributed by atoms with Crippen LogP contribution in [-0.4, -0.2) is 26.9 Å². The summed E-state index contributed by atoms with van der Waals surface area (Å²) in [5, 5.41) is 10.9. The van der Waals surface area contributed by atoms with Crippen LogP contribution in [0.2, 0.25) is 0 Å². The zero-order valence-electron chi connectivity index (χ0n) is 9.04. The molecule has 3 N–H and O–H groups in total. The van der Waals surface area contributed by atoms with Crippen molar-refractivity contribution in [1.82, 2.24) is 9.99 Å². The Morgan fingerprint density at radius 3 is 2.69 bits per heavy atom. The quantitative estimate of drug-likeness (QED) is 0.529. The molecule has 0 saturated carbocycles. The molecule has 0 aromatic carbocycles. The number of amides is 1. The molecule has 0 radical (unpaired) electrons. The molecule has 86 valence electrons. The van der Waals surface area contributed by atoms with E-state index in [1.54, 1.807) is 25.3 Å². The zero-order valence-corrected chi connectivity index (χ0v) is 9.04. The van der Waals surface area contributed by atoms with Crippen LogP contribution in [0.1, 0.15) is 19.4 Å². The Morgan fingerprint density at radius 2 is 2.25 bits per heavy atom. The first kappa shape index (κ1) is 10.8. The van der Waals surface area contributed by atoms with Crippen molar-refractivity contribution in [3.63, 3.8) is 0 Å². The molecule has 0 bridgehead atoms. The number of nitrogens with zero attached hydrogens (tertiary/aromatic N) is 2. The molecule has 0 aliphatic carbocycles. The predicted octanol–water partition coefficient (Wildman–Crippen LogP) is 0.331. The number of nitrogens with two attached hydrogens (primary N) is 1. The average Bonchev–Trinajstić information content (AvgIpc) is 2.42. The number of aromatic nitrogens is 1. The minimum atomic E-state index is -1.62. The second kappa shape index (κ2) is 3.16. The molecule has 0 spiro atoms. The van der Waals surface area contributed by atoms with Gasteiger partial charge in [0.15, 0.2) is 11.3 Å². The van der Waals surface area contributed by atoms with E-state index < -0.39 is 17.4 Å². The molecule has 1 aliphatic rings. The van der Waals surface area contributed by atoms with Gasteiger partial charge in [0.1, 0.15) is 0 Å². The number of pyridine rings is 1. The van der Waals surface area contributed by atoms with Gasteiger partial charge in [0.05, 0.1) is 0 Å². The van der Waals surface area contributed by atoms with Gasteiger partial charge in [-0.2, -0.15) is 0 Å². The maximum atomic E-state index is 11.4. The van der Waals surface area contributed by atoms with Gasteiger partial charge in [-0.3, -0.25) is 4.98 Å². The average molecular weight is 223 g/mol. The summed E-state index contributed by atoms with van der Waals surface area (Å²) in [6, 6.07) is 3.41. The van der Waals surface area contributed by atoms with Crippen LogP contribution in [-0.2, 0) is 10.3 Å². The van der Waals surface area contributed by atoms with E-state index >= 15 is 0 Å². The number of hydrazine groups is 1. The van der Waals surface area contributed by atoms with E-state index in [0.29, 0.717) is 10.6 Å². The van der Waals surface area contributed by atoms with Crippen molar-refractivity contribution in [2.75, 3.05) is 0 Å². The van der Waals surface area contributed by atoms with Gasteiger partial charge in [-0.1, -0.05) is 6.07 Å². The van der Waals surface area contributed by atoms with Gasteiger partial charge in [-0.25, -0.2) is 15.6 Å². The summed E-state index contributed by atoms with van der Waals surface area (Å²) in [6.07, 6.45) is 2.36. The van der Waals surface area contributed by atoms with Crippen LogP contribution < -0.4 is 5.84 Å². The molecule has 1 amide bonds. The molecule has 16 heavy (non-hydrogen) atoms. The van der Waals surface area contributed by atoms with Crippen LogP contribution in [0.3, 0.4) is 0 Å². The van der Waals surface area contributed by atoms with E-state index in [4.69, 9.17) is 10.6 Å². The maximum Gasteiger partial charge on any atom is 0.427 e. The maximum absolute atomic E-state index is 11.4. The fourth-order valence-corrected chi connectivity index (χ4v) is 1.71. The highest BCUT2D eigenvalue weighted by atomic mass is 16.6. The van der Waals surface area contributed by atoms with Crippen molar-refractivity contribution >= 4 is 6.09 Å². The second-order valence-electron chi connectivity index (χ2n) is 4.03. The number of ether oxygens (including phenoxy) is 1. The van der Waals surface area contributed by atoms with E-state index in [9.17, 15) is 9.90 Å². The van der Waals surface area contributed by atoms with Gasteiger partial charge in [-0.05, 0) is 19.9 Å². The molecule has 1 fully saturated rings. The van der Waals surface area contributed by atoms with E-state index in [1.807, 2.05) is 0 Å². The molecule has 2 atom stereocenters. The Bertz CT molecular complexity index is 421. The number of hydrogen-bond donors (Lipinski definition) is 2. The summed E-state index contributed by atoms with van der Waals surface area (Å²) in [5.41, 5.74) is -2.26. The molecule has 1 aromatic rings. The van der Waals surface area contributed by atoms with Gasteiger partial charge < -0.3 is 9.84 Å². The van der Waals surface area contributed by atoms with Crippen molar-refractivity contribution < 1.29 is 14.6 Å². The molecule has 2 rings (SSSR count). The molecule has 1 aromatic heterocycles. The lowest BCUT2D eigenvalue weighted by atomic mass is 9.87. The zero-order chi connectivity index (χ0) is 12.0. The minimum absolute atomic E-state index is 0.585. The summed E-state index contributed by atoms with van der Waals surface area (Å²) in [7, 11) is 0. The number of hydrogen-bond acceptors (Lipinski definition) is 5. The van der Waals surface area contributed by atoms with Crippen LogP contribution in [0.5, 0.6) is 0 Å². The fourth-order valence-electron chi connectivity index (χ4n) is 1.71. The third-order valence-electron chi connectivity index (χ3n) is 3.07. The molecular formula is C10H13N3O3. The Hall–Kier alpha value is -1.66. The second-order valence-corrected chi connectivity index (χ2v) is 4.03. The third-order valence-corrected chi connectivity index (χ3v) is 3.07. The van der Waals surface area contributed by atoms with E-state index in [1.165, 1.54) is 13.1 Å². The first-order valence-electron chi connectivity index (χ1n) is 4.80. The highest BCUT2D eigenvalue weighted by molar-refractivity contribution is 5.71. The molecule has 1 saturated heterocycles. The highest BCUT2D eigenvalue weighted by Crippen LogP contribution is 2.42. The van der Waals surface area contributed by atoms with Crippen molar-refractivity contribution in [3.05, 3.63) is 30.1 Å². The first-order chi connectivity index (χ1) is 7.39. The SMILES string of the molecule is C[C@@]1(c2cccnc2)OC(=O)N(N)[C@@]1(C)O. The third kappa shape index (κ3) is 1.20. The Morgan fingerprint density at radius 1 is 1.56 bits per heavy atom. The number of aliphatic hydroxyl groups is 1. The van der Waals surface area contributed by atoms with Crippen LogP contribution in [0.4, 0.5) is 4.79 Å². The van der Waals surface area contributed by atoms with Crippen molar-refractivity contribution in [1.29, 1.82) is 0 Å². The Kier molecular flexibility index (Phi) is 2.14. The summed E-state index contributed by atoms with van der Waals surface area (Å²) in [6.45, 7) is 3.01. The molecule has 0 unspecified atom stereocenters. The van der Waals surface area contributed by atoms with E-state index in [-0.39, 0.29) is 0 Å². The lowest BCUT2D eigenvalue weighted by molar-refractivity contribution is -0.141. The van der Waals surface area contributed by atoms with Crippen molar-refractivity contribution in [3.8, 4) is 0 Å². The standard InChI is InChI=1S/C10H13N3O3/c1-9(7-4-3-5-12-6-7)10(2,15)13(11)8(14)16-9/h3-6,15H,11H2,1-2H3/t9-,10-/m0/s1. The summed E-state index contributed by atoms with van der Waals surface area (Å²) < 4.78 is 5.13. The molecule has 2 heterocycles. The topological polar surface area (TPSA) is 88.7 Å².